The first-order valence-electron chi connectivity index (χ1n) is 13.1. The van der Waals surface area contributed by atoms with Gasteiger partial charge in [0, 0.05) is 6.42 Å². The number of rotatable bonds is 19. The van der Waals surface area contributed by atoms with Crippen LogP contribution in [0.3, 0.4) is 0 Å². The van der Waals surface area contributed by atoms with Crippen molar-refractivity contribution >= 4 is 35.2 Å². The van der Waals surface area contributed by atoms with E-state index in [1.165, 1.54) is 18.2 Å². The first kappa shape index (κ1) is 31.3. The smallest absolute Gasteiger partial charge is 0.264 e. The third-order valence-corrected chi connectivity index (χ3v) is 5.94. The molecule has 3 rings (SSSR count). The van der Waals surface area contributed by atoms with E-state index in [4.69, 9.17) is 28.8 Å². The SMILES string of the molecule is O=C1CCC(N2C(=O)c3cccc(NC(=O)CCOCCOCCOCCOCCOCCO)c3C2=O)C(=O)N1. The van der Waals surface area contributed by atoms with Gasteiger partial charge in [0.2, 0.25) is 17.7 Å². The van der Waals surface area contributed by atoms with Crippen LogP contribution in [0, 0.1) is 0 Å². The monoisotopic (exact) mass is 565 g/mol. The summed E-state index contributed by atoms with van der Waals surface area (Å²) in [4.78, 5) is 62.9. The van der Waals surface area contributed by atoms with Crippen molar-refractivity contribution in [3.63, 3.8) is 0 Å². The van der Waals surface area contributed by atoms with Crippen LogP contribution in [-0.2, 0) is 38.1 Å². The molecule has 14 nitrogen and oxygen atoms in total. The fourth-order valence-corrected chi connectivity index (χ4v) is 4.04. The minimum Gasteiger partial charge on any atom is -0.394 e. The molecule has 1 aromatic carbocycles. The van der Waals surface area contributed by atoms with Crippen LogP contribution in [0.5, 0.6) is 0 Å². The van der Waals surface area contributed by atoms with E-state index in [-0.39, 0.29) is 55.9 Å². The summed E-state index contributed by atoms with van der Waals surface area (Å²) in [7, 11) is 0. The Morgan fingerprint density at radius 1 is 0.850 bits per heavy atom. The number of nitrogens with one attached hydrogen (secondary N) is 2. The van der Waals surface area contributed by atoms with Crippen molar-refractivity contribution in [3.05, 3.63) is 29.3 Å². The van der Waals surface area contributed by atoms with Crippen molar-refractivity contribution in [2.45, 2.75) is 25.3 Å². The summed E-state index contributed by atoms with van der Waals surface area (Å²) in [6.45, 7) is 3.50. The summed E-state index contributed by atoms with van der Waals surface area (Å²) in [6.07, 6.45) is 0.0765. The average molecular weight is 566 g/mol. The van der Waals surface area contributed by atoms with E-state index in [0.717, 1.165) is 4.90 Å². The van der Waals surface area contributed by atoms with Crippen molar-refractivity contribution in [2.75, 3.05) is 78.0 Å². The number of anilines is 1. The quantitative estimate of drug-likeness (QED) is 0.145. The van der Waals surface area contributed by atoms with Gasteiger partial charge in [-0.2, -0.15) is 0 Å². The summed E-state index contributed by atoms with van der Waals surface area (Å²) in [5, 5.41) is 13.4. The van der Waals surface area contributed by atoms with Gasteiger partial charge in [0.1, 0.15) is 6.04 Å². The lowest BCUT2D eigenvalue weighted by atomic mass is 10.0. The molecule has 1 unspecified atom stereocenters. The van der Waals surface area contributed by atoms with Crippen LogP contribution < -0.4 is 10.6 Å². The van der Waals surface area contributed by atoms with Crippen LogP contribution >= 0.6 is 0 Å². The molecule has 0 aromatic heterocycles. The Morgan fingerprint density at radius 2 is 1.43 bits per heavy atom. The summed E-state index contributed by atoms with van der Waals surface area (Å²) < 4.78 is 26.5. The normalized spacial score (nSPS) is 16.8. The second kappa shape index (κ2) is 16.7. The summed E-state index contributed by atoms with van der Waals surface area (Å²) in [5.74, 6) is -2.91. The molecule has 0 spiro atoms. The van der Waals surface area contributed by atoms with Gasteiger partial charge in [0.25, 0.3) is 11.8 Å². The molecular weight excluding hydrogens is 530 g/mol. The number of piperidine rings is 1. The Hall–Kier alpha value is -3.27. The zero-order valence-electron chi connectivity index (χ0n) is 22.2. The van der Waals surface area contributed by atoms with E-state index in [1.807, 2.05) is 0 Å². The first-order chi connectivity index (χ1) is 19.4. The highest BCUT2D eigenvalue weighted by molar-refractivity contribution is 6.26. The van der Waals surface area contributed by atoms with Crippen LogP contribution in [-0.4, -0.2) is 118 Å². The van der Waals surface area contributed by atoms with Crippen LogP contribution in [0.15, 0.2) is 18.2 Å². The lowest BCUT2D eigenvalue weighted by molar-refractivity contribution is -0.136. The molecule has 2 aliphatic rings. The highest BCUT2D eigenvalue weighted by atomic mass is 16.6. The molecule has 1 fully saturated rings. The molecule has 0 radical (unpaired) electrons. The van der Waals surface area contributed by atoms with E-state index in [2.05, 4.69) is 10.6 Å². The second-order valence-electron chi connectivity index (χ2n) is 8.76. The van der Waals surface area contributed by atoms with E-state index in [9.17, 15) is 24.0 Å². The predicted octanol–water partition coefficient (Wildman–Crippen LogP) is -0.508. The third kappa shape index (κ3) is 9.15. The molecule has 1 aromatic rings. The Bertz CT molecular complexity index is 1050. The molecule has 0 bridgehead atoms. The van der Waals surface area contributed by atoms with Gasteiger partial charge < -0.3 is 34.1 Å². The predicted molar refractivity (Wildman–Crippen MR) is 138 cm³/mol. The molecule has 2 heterocycles. The van der Waals surface area contributed by atoms with Gasteiger partial charge in [-0.15, -0.1) is 0 Å². The molecule has 5 amide bonds. The highest BCUT2D eigenvalue weighted by Gasteiger charge is 2.45. The molecular formula is C26H35N3O11. The van der Waals surface area contributed by atoms with Crippen LogP contribution in [0.25, 0.3) is 0 Å². The lowest BCUT2D eigenvalue weighted by Crippen LogP contribution is -2.54. The summed E-state index contributed by atoms with van der Waals surface area (Å²) in [6, 6.07) is 3.41. The van der Waals surface area contributed by atoms with Gasteiger partial charge in [0.05, 0.1) is 95.9 Å². The lowest BCUT2D eigenvalue weighted by Gasteiger charge is -2.27. The molecule has 1 saturated heterocycles. The molecule has 2 aliphatic heterocycles. The van der Waals surface area contributed by atoms with Crippen molar-refractivity contribution in [2.24, 2.45) is 0 Å². The number of carbonyl (C=O) groups excluding carboxylic acids is 5. The maximum atomic E-state index is 13.1. The van der Waals surface area contributed by atoms with Gasteiger partial charge >= 0.3 is 0 Å². The minimum absolute atomic E-state index is 0.0107. The molecule has 3 N–H and O–H groups in total. The Balaban J connectivity index is 1.29. The number of fused-ring (bicyclic) bond motifs is 1. The zero-order chi connectivity index (χ0) is 28.7. The highest BCUT2D eigenvalue weighted by Crippen LogP contribution is 2.32. The van der Waals surface area contributed by atoms with Gasteiger partial charge in [-0.05, 0) is 18.6 Å². The second-order valence-corrected chi connectivity index (χ2v) is 8.76. The number of amides is 5. The summed E-state index contributed by atoms with van der Waals surface area (Å²) >= 11 is 0. The number of nitrogens with zero attached hydrogens (tertiary/aromatic N) is 1. The Kier molecular flexibility index (Phi) is 13.1. The third-order valence-electron chi connectivity index (χ3n) is 5.94. The number of carbonyl (C=O) groups is 5. The van der Waals surface area contributed by atoms with Crippen LogP contribution in [0.2, 0.25) is 0 Å². The number of aliphatic hydroxyl groups excluding tert-OH is 1. The molecule has 40 heavy (non-hydrogen) atoms. The summed E-state index contributed by atoms with van der Waals surface area (Å²) in [5.41, 5.74) is 0.265. The van der Waals surface area contributed by atoms with Crippen LogP contribution in [0.4, 0.5) is 5.69 Å². The topological polar surface area (TPSA) is 179 Å². The van der Waals surface area contributed by atoms with E-state index in [0.29, 0.717) is 52.9 Å². The van der Waals surface area contributed by atoms with Crippen LogP contribution in [0.1, 0.15) is 40.0 Å². The van der Waals surface area contributed by atoms with E-state index >= 15 is 0 Å². The fourth-order valence-electron chi connectivity index (χ4n) is 4.04. The minimum atomic E-state index is -1.08. The van der Waals surface area contributed by atoms with Gasteiger partial charge in [-0.3, -0.25) is 34.2 Å². The zero-order valence-corrected chi connectivity index (χ0v) is 22.2. The Morgan fingerprint density at radius 3 is 2.00 bits per heavy atom. The number of aliphatic hydroxyl groups is 1. The molecule has 0 saturated carbocycles. The number of hydrogen-bond donors (Lipinski definition) is 3. The largest absolute Gasteiger partial charge is 0.394 e. The first-order valence-corrected chi connectivity index (χ1v) is 13.1. The standard InChI is InChI=1S/C26H35N3O11/c30-7-9-37-11-13-39-15-17-40-16-14-38-12-10-36-8-6-22(32)27-19-3-1-2-18-23(19)26(35)29(25(18)34)20-4-5-21(31)28-24(20)33/h1-3,20,30H,4-17H2,(H,27,32)(H,28,31,33). The number of benzene rings is 1. The fraction of sp³-hybridized carbons (Fsp3) is 0.577. The van der Waals surface area contributed by atoms with Gasteiger partial charge in [0.15, 0.2) is 0 Å². The molecule has 1 atom stereocenters. The Labute approximate surface area is 231 Å². The number of imide groups is 2. The van der Waals surface area contributed by atoms with Crippen molar-refractivity contribution in [1.82, 2.24) is 10.2 Å². The van der Waals surface area contributed by atoms with Crippen molar-refractivity contribution in [1.29, 1.82) is 0 Å². The average Bonchev–Trinajstić information content (AvgIpc) is 3.18. The maximum absolute atomic E-state index is 13.1. The van der Waals surface area contributed by atoms with Gasteiger partial charge in [-0.1, -0.05) is 6.07 Å². The van der Waals surface area contributed by atoms with Crippen molar-refractivity contribution < 1.29 is 52.8 Å². The number of ether oxygens (including phenoxy) is 5. The van der Waals surface area contributed by atoms with Gasteiger partial charge in [-0.25, -0.2) is 0 Å². The van der Waals surface area contributed by atoms with E-state index < -0.39 is 35.6 Å². The molecule has 0 aliphatic carbocycles. The molecule has 14 heteroatoms. The number of hydrogen-bond acceptors (Lipinski definition) is 11. The van der Waals surface area contributed by atoms with Crippen molar-refractivity contribution in [3.8, 4) is 0 Å². The maximum Gasteiger partial charge on any atom is 0.264 e. The van der Waals surface area contributed by atoms with E-state index in [1.54, 1.807) is 0 Å². The molecule has 220 valence electrons.